The standard InChI is InChI=1S/H14IN13/c2-4-6-8-10-12-14-1-3-5-7-9-11-13-14/h3-14H,2H2. The number of rotatable bonds is 5. The van der Waals surface area contributed by atoms with Crippen molar-refractivity contribution in [3.8, 4) is 0 Å². The average molecular weight is 323 g/mol. The summed E-state index contributed by atoms with van der Waals surface area (Å²) in [4.78, 5) is 0. The fourth-order valence-electron chi connectivity index (χ4n) is 0.475. The van der Waals surface area contributed by atoms with E-state index in [4.69, 9.17) is 5.84 Å². The molecule has 1 aliphatic heterocycles. The van der Waals surface area contributed by atoms with Gasteiger partial charge < -0.3 is 0 Å². The van der Waals surface area contributed by atoms with Gasteiger partial charge >= 0.3 is 89.9 Å². The molecule has 0 saturated carbocycles. The molecule has 0 aromatic rings. The number of hydrogen-bond acceptors (Lipinski definition) is 12. The van der Waals surface area contributed by atoms with Gasteiger partial charge in [-0.3, -0.25) is 0 Å². The van der Waals surface area contributed by atoms with Gasteiger partial charge in [-0.15, -0.1) is 0 Å². The summed E-state index contributed by atoms with van der Waals surface area (Å²) >= 11 is -0.432. The maximum absolute atomic E-state index is 4.93. The summed E-state index contributed by atoms with van der Waals surface area (Å²) < 4.78 is 3.76. The van der Waals surface area contributed by atoms with E-state index >= 15 is 0 Å². The van der Waals surface area contributed by atoms with Crippen LogP contribution < -0.4 is 89.9 Å². The maximum atomic E-state index is 4.93. The van der Waals surface area contributed by atoms with Crippen molar-refractivity contribution in [3.63, 3.8) is 0 Å². The quantitative estimate of drug-likeness (QED) is 0.0761. The van der Waals surface area contributed by atoms with Crippen LogP contribution >= 0.6 is 0 Å². The SMILES string of the molecule is NNNNNN[NH+]1NNNNNN[I-]1. The summed E-state index contributed by atoms with van der Waals surface area (Å²) in [5.74, 6) is 4.93. The van der Waals surface area contributed by atoms with Crippen molar-refractivity contribution in [2.45, 2.75) is 0 Å². The summed E-state index contributed by atoms with van der Waals surface area (Å²) in [6.07, 6.45) is 0. The fraction of sp³-hybridized carbons (Fsp3) is 0. The van der Waals surface area contributed by atoms with Crippen LogP contribution in [0.1, 0.15) is 0 Å². The molecule has 86 valence electrons. The molecule has 1 fully saturated rings. The number of hydrazine groups is 10. The third-order valence-corrected chi connectivity index (χ3v) is 2.54. The molecule has 1 rings (SSSR count). The van der Waals surface area contributed by atoms with Crippen LogP contribution in [0, 0.1) is 0 Å². The van der Waals surface area contributed by atoms with Gasteiger partial charge in [-0.05, 0) is 0 Å². The predicted octanol–water partition coefficient (Wildman–Crippen LogP) is -10.8. The van der Waals surface area contributed by atoms with Crippen molar-refractivity contribution in [1.82, 2.24) is 59.0 Å². The first kappa shape index (κ1) is 12.3. The van der Waals surface area contributed by atoms with Crippen LogP contribution in [-0.4, -0.2) is 0 Å². The molecule has 13 nitrogen and oxygen atoms in total. The summed E-state index contributed by atoms with van der Waals surface area (Å²) in [6.45, 7) is 0. The summed E-state index contributed by atoms with van der Waals surface area (Å²) in [5, 5.41) is 0. The van der Waals surface area contributed by atoms with Crippen molar-refractivity contribution < 1.29 is 25.1 Å². The average Bonchev–Trinajstić information content (AvgIpc) is 2.15. The van der Waals surface area contributed by atoms with E-state index in [0.29, 0.717) is 0 Å². The van der Waals surface area contributed by atoms with E-state index in [0.717, 1.165) is 3.33 Å². The van der Waals surface area contributed by atoms with Crippen molar-refractivity contribution in [3.05, 3.63) is 0 Å². The molecule has 1 unspecified atom stereocenters. The van der Waals surface area contributed by atoms with E-state index < -0.39 is 21.8 Å². The molecule has 1 heterocycles. The van der Waals surface area contributed by atoms with Gasteiger partial charge in [-0.2, -0.15) is 0 Å². The molecule has 1 saturated heterocycles. The molecule has 14 heavy (non-hydrogen) atoms. The Labute approximate surface area is 90.3 Å². The second kappa shape index (κ2) is 8.51. The Morgan fingerprint density at radius 2 is 1.86 bits per heavy atom. The molecule has 0 aromatic heterocycles. The first-order chi connectivity index (χ1) is 6.93. The van der Waals surface area contributed by atoms with Crippen molar-refractivity contribution in [2.24, 2.45) is 5.84 Å². The Morgan fingerprint density at radius 3 is 2.71 bits per heavy atom. The first-order valence-corrected chi connectivity index (χ1v) is 5.57. The van der Waals surface area contributed by atoms with Gasteiger partial charge in [0, 0.05) is 0 Å². The predicted molar refractivity (Wildman–Crippen MR) is 39.6 cm³/mol. The van der Waals surface area contributed by atoms with E-state index in [1.807, 2.05) is 0 Å². The van der Waals surface area contributed by atoms with E-state index in [9.17, 15) is 0 Å². The van der Waals surface area contributed by atoms with Crippen molar-refractivity contribution >= 4 is 0 Å². The molecule has 0 aromatic carbocycles. The number of quaternary nitrogens is 1. The van der Waals surface area contributed by atoms with Crippen LogP contribution in [0.3, 0.4) is 0 Å². The zero-order valence-corrected chi connectivity index (χ0v) is 9.11. The van der Waals surface area contributed by atoms with Gasteiger partial charge in [0.15, 0.2) is 0 Å². The van der Waals surface area contributed by atoms with Gasteiger partial charge in [0.05, 0.1) is 0 Å². The third kappa shape index (κ3) is 5.84. The summed E-state index contributed by atoms with van der Waals surface area (Å²) in [7, 11) is 0. The zero-order chi connectivity index (χ0) is 10.1. The number of hydrogen-bond donors (Lipinski definition) is 13. The van der Waals surface area contributed by atoms with Crippen LogP contribution in [0.2, 0.25) is 0 Å². The molecule has 0 amide bonds. The molecule has 1 aliphatic rings. The van der Waals surface area contributed by atoms with Gasteiger partial charge in [0.1, 0.15) is 0 Å². The zero-order valence-electron chi connectivity index (χ0n) is 6.96. The normalized spacial score (nSPS) is 24.8. The Kier molecular flexibility index (Phi) is 7.47. The minimum absolute atomic E-state index is 0.432. The van der Waals surface area contributed by atoms with E-state index in [2.05, 4.69) is 59.0 Å². The van der Waals surface area contributed by atoms with Crippen LogP contribution in [-0.2, 0) is 0 Å². The molecule has 14 heteroatoms. The molecule has 14 N–H and O–H groups in total. The molecule has 0 radical (unpaired) electrons. The number of halogens is 1. The summed E-state index contributed by atoms with van der Waals surface area (Å²) in [6, 6.07) is 0. The molecule has 0 spiro atoms. The first-order valence-electron chi connectivity index (χ1n) is 3.42. The topological polar surface area (TPSA) is 163 Å². The Morgan fingerprint density at radius 1 is 1.00 bits per heavy atom. The molecular formula is H14IN13. The second-order valence-electron chi connectivity index (χ2n) is 1.77. The van der Waals surface area contributed by atoms with Gasteiger partial charge in [0.25, 0.3) is 0 Å². The monoisotopic (exact) mass is 323 g/mol. The Bertz CT molecular complexity index is 114. The minimum atomic E-state index is -0.432. The van der Waals surface area contributed by atoms with E-state index in [1.54, 1.807) is 0 Å². The molecule has 0 aliphatic carbocycles. The second-order valence-corrected chi connectivity index (χ2v) is 3.93. The van der Waals surface area contributed by atoms with Crippen LogP contribution in [0.25, 0.3) is 0 Å². The van der Waals surface area contributed by atoms with Crippen molar-refractivity contribution in [1.29, 1.82) is 0 Å². The molecular weight excluding hydrogens is 309 g/mol. The van der Waals surface area contributed by atoms with Crippen molar-refractivity contribution in [2.75, 3.05) is 0 Å². The molecule has 1 atom stereocenters. The summed E-state index contributed by atoms with van der Waals surface area (Å²) in [5.41, 5.74) is 26.0. The Hall–Kier alpha value is 0.210. The van der Waals surface area contributed by atoms with Crippen LogP contribution in [0.5, 0.6) is 0 Å². The third-order valence-electron chi connectivity index (χ3n) is 0.918. The number of nitrogens with two attached hydrogens (primary N) is 1. The number of nitrogens with one attached hydrogen (secondary N) is 12. The van der Waals surface area contributed by atoms with Gasteiger partial charge in [-0.1, -0.05) is 0 Å². The van der Waals surface area contributed by atoms with Gasteiger partial charge in [0.2, 0.25) is 0 Å². The fourth-order valence-corrected chi connectivity index (χ4v) is 1.55. The van der Waals surface area contributed by atoms with Crippen LogP contribution in [0.4, 0.5) is 0 Å². The van der Waals surface area contributed by atoms with Gasteiger partial charge in [-0.25, -0.2) is 0 Å². The van der Waals surface area contributed by atoms with Crippen LogP contribution in [0.15, 0.2) is 0 Å². The Balaban J connectivity index is 2.02. The molecule has 0 bridgehead atoms. The van der Waals surface area contributed by atoms with E-state index in [-0.39, 0.29) is 0 Å². The van der Waals surface area contributed by atoms with E-state index in [1.165, 1.54) is 0 Å².